The lowest BCUT2D eigenvalue weighted by Crippen LogP contribution is -2.47. The number of H-pyrrole nitrogens is 2. The molecule has 8 N–H and O–H groups in total. The lowest BCUT2D eigenvalue weighted by molar-refractivity contribution is 0.0521. The topological polar surface area (TPSA) is 247 Å². The third-order valence-electron chi connectivity index (χ3n) is 10.5. The van der Waals surface area contributed by atoms with Gasteiger partial charge in [-0.1, -0.05) is 0 Å². The number of ether oxygens (including phenoxy) is 2. The van der Waals surface area contributed by atoms with E-state index in [0.29, 0.717) is 107 Å². The molecule has 2 fully saturated rings. The van der Waals surface area contributed by atoms with Gasteiger partial charge >= 0.3 is 0 Å². The van der Waals surface area contributed by atoms with Crippen molar-refractivity contribution in [1.29, 1.82) is 0 Å². The molecule has 18 nitrogen and oxygen atoms in total. The quantitative estimate of drug-likeness (QED) is 0.140. The molecule has 324 valence electrons. The number of nitrogens with zero attached hydrogens (tertiary/aromatic N) is 8. The van der Waals surface area contributed by atoms with E-state index in [1.165, 1.54) is 24.3 Å². The number of nitrogens with two attached hydrogens (primary N) is 2. The Labute approximate surface area is 363 Å². The molecule has 2 saturated heterocycles. The first-order chi connectivity index (χ1) is 29.0. The summed E-state index contributed by atoms with van der Waals surface area (Å²) in [5.41, 5.74) is 17.9. The highest BCUT2D eigenvalue weighted by Gasteiger charge is 2.26. The number of aromatic nitrogens is 10. The first-order valence-electron chi connectivity index (χ1n) is 19.2. The van der Waals surface area contributed by atoms with Crippen LogP contribution in [0.25, 0.3) is 66.9 Å². The van der Waals surface area contributed by atoms with Crippen molar-refractivity contribution in [2.75, 3.05) is 26.4 Å². The largest absolute Gasteiger partial charge is 0.378 e. The molecule has 0 bridgehead atoms. The maximum absolute atomic E-state index is 13.6. The minimum atomic E-state index is -0.338. The molecule has 8 heterocycles. The Bertz CT molecular complexity index is 2740. The molecule has 22 heteroatoms. The molecule has 0 aliphatic carbocycles. The van der Waals surface area contributed by atoms with Crippen molar-refractivity contribution in [3.63, 3.8) is 0 Å². The van der Waals surface area contributed by atoms with Crippen molar-refractivity contribution in [2.45, 2.75) is 37.0 Å². The molecule has 0 saturated carbocycles. The number of carbonyl (C=O) groups excluding carboxylic acids is 2. The molecule has 6 aromatic heterocycles. The number of halogens is 4. The van der Waals surface area contributed by atoms with Crippen LogP contribution in [0, 0.1) is 11.6 Å². The summed E-state index contributed by atoms with van der Waals surface area (Å²) in [4.78, 5) is 49.7. The predicted octanol–water partition coefficient (Wildman–Crippen LogP) is 3.84. The van der Waals surface area contributed by atoms with Gasteiger partial charge in [0.05, 0.1) is 73.1 Å². The number of nitrogens with one attached hydrogen (secondary N) is 4. The number of rotatable bonds is 6. The lowest BCUT2D eigenvalue weighted by atomic mass is 10.1. The number of carbonyl (C=O) groups is 2. The summed E-state index contributed by atoms with van der Waals surface area (Å²) in [6.45, 7) is 1.84. The predicted molar refractivity (Wildman–Crippen MR) is 231 cm³/mol. The van der Waals surface area contributed by atoms with Crippen LogP contribution >= 0.6 is 24.8 Å². The van der Waals surface area contributed by atoms with E-state index >= 15 is 0 Å². The molecule has 62 heavy (non-hydrogen) atoms. The van der Waals surface area contributed by atoms with E-state index < -0.39 is 0 Å². The van der Waals surface area contributed by atoms with E-state index in [4.69, 9.17) is 20.9 Å². The average Bonchev–Trinajstić information content (AvgIpc) is 4.01. The molecule has 10 rings (SSSR count). The molecule has 2 aliphatic heterocycles. The fraction of sp³-hybridized carbons (Fsp3) is 0.300. The normalized spacial score (nSPS) is 18.8. The number of hydrogen-bond acceptors (Lipinski definition) is 12. The van der Waals surface area contributed by atoms with Gasteiger partial charge < -0.3 is 41.5 Å². The second-order valence-corrected chi connectivity index (χ2v) is 15.0. The summed E-state index contributed by atoms with van der Waals surface area (Å²) < 4.78 is 41.3. The fourth-order valence-corrected chi connectivity index (χ4v) is 7.65. The van der Waals surface area contributed by atoms with Crippen molar-refractivity contribution in [3.8, 4) is 22.8 Å². The summed E-state index contributed by atoms with van der Waals surface area (Å²) in [7, 11) is 3.48. The zero-order valence-electron chi connectivity index (χ0n) is 33.3. The van der Waals surface area contributed by atoms with Gasteiger partial charge in [0.2, 0.25) is 0 Å². The van der Waals surface area contributed by atoms with Crippen LogP contribution in [0.1, 0.15) is 33.6 Å². The maximum Gasteiger partial charge on any atom is 0.255 e. The molecule has 2 aromatic carbocycles. The summed E-state index contributed by atoms with van der Waals surface area (Å²) >= 11 is 0. The third-order valence-corrected chi connectivity index (χ3v) is 10.5. The number of amides is 2. The van der Waals surface area contributed by atoms with Crippen LogP contribution in [0.15, 0.2) is 61.2 Å². The van der Waals surface area contributed by atoms with Crippen LogP contribution in [0.3, 0.4) is 0 Å². The first kappa shape index (κ1) is 43.9. The monoisotopic (exact) mass is 890 g/mol. The van der Waals surface area contributed by atoms with E-state index in [-0.39, 0.29) is 72.4 Å². The summed E-state index contributed by atoms with van der Waals surface area (Å²) in [6, 6.07) is 8.42. The Hall–Kier alpha value is -6.16. The van der Waals surface area contributed by atoms with Crippen molar-refractivity contribution in [1.82, 2.24) is 60.1 Å². The van der Waals surface area contributed by atoms with Crippen molar-refractivity contribution in [2.24, 2.45) is 25.6 Å². The maximum atomic E-state index is 13.6. The Morgan fingerprint density at radius 2 is 1.11 bits per heavy atom. The van der Waals surface area contributed by atoms with Gasteiger partial charge in [0, 0.05) is 49.3 Å². The van der Waals surface area contributed by atoms with Crippen LogP contribution < -0.4 is 22.1 Å². The standard InChI is InChI=1S/2C20H20FN7O2.2ClH/c2*1-28-16-4-10(21)2-3-13(16)17(27-28)15-7-24-19-18(26-15)14(6-23-19)20(29)25-12-5-11(22)8-30-9-12;;/h2*2-4,6-7,11-12H,5,8-9,22H2,1H3,(H,23,24)(H,25,29);2*1H/t11-,12+;11-,12-;;/m01../s1. The average molecular weight is 892 g/mol. The van der Waals surface area contributed by atoms with Gasteiger partial charge in [0.1, 0.15) is 45.4 Å². The van der Waals surface area contributed by atoms with Crippen molar-refractivity contribution < 1.29 is 27.8 Å². The van der Waals surface area contributed by atoms with E-state index in [2.05, 4.69) is 50.7 Å². The number of fused-ring (bicyclic) bond motifs is 4. The summed E-state index contributed by atoms with van der Waals surface area (Å²) in [5.74, 6) is -1.23. The van der Waals surface area contributed by atoms with E-state index in [1.54, 1.807) is 60.4 Å². The van der Waals surface area contributed by atoms with Gasteiger partial charge in [-0.2, -0.15) is 10.2 Å². The second kappa shape index (κ2) is 18.1. The van der Waals surface area contributed by atoms with Gasteiger partial charge in [-0.25, -0.2) is 28.7 Å². The van der Waals surface area contributed by atoms with Crippen LogP contribution in [0.5, 0.6) is 0 Å². The molecule has 0 spiro atoms. The lowest BCUT2D eigenvalue weighted by Gasteiger charge is -2.27. The van der Waals surface area contributed by atoms with Gasteiger partial charge in [-0.15, -0.1) is 24.8 Å². The molecule has 2 aliphatic rings. The summed E-state index contributed by atoms with van der Waals surface area (Å²) in [5, 5.41) is 16.4. The van der Waals surface area contributed by atoms with Gasteiger partial charge in [0.25, 0.3) is 11.8 Å². The highest BCUT2D eigenvalue weighted by Crippen LogP contribution is 2.30. The SMILES string of the molecule is Cl.Cl.Cn1nc(-c2cnc3[nH]cc(C(=O)N[C@H]4COC[C@@H](N)C4)c3n2)c2ccc(F)cc21.Cn1nc(-c2cnc3[nH]cc(C(=O)N[C@H]4COC[C@H](N)C4)c3n2)c2ccc(F)cc21. The minimum Gasteiger partial charge on any atom is -0.378 e. The van der Waals surface area contributed by atoms with Crippen molar-refractivity contribution in [3.05, 3.63) is 83.9 Å². The Balaban J connectivity index is 0.000000181. The first-order valence-corrected chi connectivity index (χ1v) is 19.2. The number of aryl methyl sites for hydroxylation is 2. The molecule has 4 atom stereocenters. The van der Waals surface area contributed by atoms with Gasteiger partial charge in [0.15, 0.2) is 11.3 Å². The number of aromatic amines is 2. The Morgan fingerprint density at radius 3 is 1.52 bits per heavy atom. The highest BCUT2D eigenvalue weighted by molar-refractivity contribution is 6.06. The zero-order chi connectivity index (χ0) is 41.7. The fourth-order valence-electron chi connectivity index (χ4n) is 7.65. The number of benzene rings is 2. The van der Waals surface area contributed by atoms with Crippen LogP contribution in [0.4, 0.5) is 8.78 Å². The van der Waals surface area contributed by atoms with E-state index in [1.807, 2.05) is 0 Å². The highest BCUT2D eigenvalue weighted by atomic mass is 35.5. The third kappa shape index (κ3) is 8.65. The van der Waals surface area contributed by atoms with Crippen LogP contribution in [-0.4, -0.2) is 112 Å². The molecular weight excluding hydrogens is 849 g/mol. The molecular formula is C40H42Cl2F2N14O4. The van der Waals surface area contributed by atoms with Crippen LogP contribution in [-0.2, 0) is 23.6 Å². The van der Waals surface area contributed by atoms with E-state index in [0.717, 1.165) is 10.8 Å². The van der Waals surface area contributed by atoms with Gasteiger partial charge in [-0.3, -0.25) is 19.0 Å². The zero-order valence-corrected chi connectivity index (χ0v) is 34.9. The smallest absolute Gasteiger partial charge is 0.255 e. The number of hydrogen-bond donors (Lipinski definition) is 6. The molecule has 0 radical (unpaired) electrons. The Kier molecular flexibility index (Phi) is 12.8. The summed E-state index contributed by atoms with van der Waals surface area (Å²) in [6.07, 6.45) is 7.64. The second-order valence-electron chi connectivity index (χ2n) is 15.0. The Morgan fingerprint density at radius 1 is 0.694 bits per heavy atom. The molecule has 2 amide bonds. The van der Waals surface area contributed by atoms with E-state index in [9.17, 15) is 18.4 Å². The van der Waals surface area contributed by atoms with Gasteiger partial charge in [-0.05, 0) is 49.2 Å². The molecule has 0 unspecified atom stereocenters. The minimum absolute atomic E-state index is 0. The van der Waals surface area contributed by atoms with Crippen LogP contribution in [0.2, 0.25) is 0 Å². The molecule has 8 aromatic rings. The van der Waals surface area contributed by atoms with Crippen molar-refractivity contribution >= 4 is 80.8 Å².